The Morgan fingerprint density at radius 3 is 2.65 bits per heavy atom. The molecule has 0 amide bonds. The van der Waals surface area contributed by atoms with Crippen LogP contribution in [0.2, 0.25) is 5.02 Å². The number of anilines is 3. The summed E-state index contributed by atoms with van der Waals surface area (Å²) in [5.74, 6) is 2.78. The van der Waals surface area contributed by atoms with Gasteiger partial charge in [0.2, 0.25) is 5.95 Å². The number of nitrogens with zero attached hydrogens (tertiary/aromatic N) is 2. The highest BCUT2D eigenvalue weighted by molar-refractivity contribution is 6.31. The first kappa shape index (κ1) is 14.6. The van der Waals surface area contributed by atoms with Crippen LogP contribution in [-0.4, -0.2) is 23.1 Å². The molecule has 5 nitrogen and oxygen atoms in total. The van der Waals surface area contributed by atoms with Gasteiger partial charge in [0.15, 0.2) is 0 Å². The number of nitrogens with one attached hydrogen (secondary N) is 2. The molecule has 2 aromatic rings. The van der Waals surface area contributed by atoms with E-state index in [4.69, 9.17) is 16.3 Å². The van der Waals surface area contributed by atoms with Gasteiger partial charge in [0.25, 0.3) is 0 Å². The van der Waals surface area contributed by atoms with Crippen LogP contribution in [-0.2, 0) is 0 Å². The molecule has 0 saturated heterocycles. The minimum absolute atomic E-state index is 0.526. The number of methoxy groups -OCH3 is 1. The Morgan fingerprint density at radius 1 is 1.13 bits per heavy atom. The number of aromatic nitrogens is 2. The van der Waals surface area contributed by atoms with E-state index in [1.54, 1.807) is 13.2 Å². The van der Waals surface area contributed by atoms with Crippen LogP contribution in [0.1, 0.15) is 37.3 Å². The van der Waals surface area contributed by atoms with E-state index in [0.29, 0.717) is 22.9 Å². The second-order valence-electron chi connectivity index (χ2n) is 6.16. The summed E-state index contributed by atoms with van der Waals surface area (Å²) >= 11 is 6.10. The third-order valence-corrected chi connectivity index (χ3v) is 4.31. The first-order chi connectivity index (χ1) is 11.2. The fourth-order valence-electron chi connectivity index (χ4n) is 2.51. The average Bonchev–Trinajstić information content (AvgIpc) is 3.41. The first-order valence-corrected chi connectivity index (χ1v) is 8.35. The Morgan fingerprint density at radius 2 is 1.96 bits per heavy atom. The molecule has 2 fully saturated rings. The molecule has 4 rings (SSSR count). The molecule has 0 radical (unpaired) electrons. The van der Waals surface area contributed by atoms with Crippen molar-refractivity contribution in [2.24, 2.45) is 0 Å². The van der Waals surface area contributed by atoms with Crippen molar-refractivity contribution in [3.63, 3.8) is 0 Å². The zero-order chi connectivity index (χ0) is 15.8. The van der Waals surface area contributed by atoms with Crippen LogP contribution < -0.4 is 15.4 Å². The topological polar surface area (TPSA) is 59.1 Å². The van der Waals surface area contributed by atoms with Crippen LogP contribution in [0.4, 0.5) is 17.5 Å². The summed E-state index contributed by atoms with van der Waals surface area (Å²) in [7, 11) is 1.64. The van der Waals surface area contributed by atoms with E-state index >= 15 is 0 Å². The minimum atomic E-state index is 0.526. The predicted octanol–water partition coefficient (Wildman–Crippen LogP) is 4.33. The van der Waals surface area contributed by atoms with Gasteiger partial charge in [-0.15, -0.1) is 0 Å². The lowest BCUT2D eigenvalue weighted by Gasteiger charge is -2.13. The van der Waals surface area contributed by atoms with E-state index in [-0.39, 0.29) is 0 Å². The monoisotopic (exact) mass is 330 g/mol. The molecule has 0 bridgehead atoms. The normalized spacial score (nSPS) is 17.0. The van der Waals surface area contributed by atoms with E-state index in [0.717, 1.165) is 22.9 Å². The molecule has 1 heterocycles. The molecular weight excluding hydrogens is 312 g/mol. The molecule has 0 spiro atoms. The van der Waals surface area contributed by atoms with Crippen LogP contribution in [0.25, 0.3) is 0 Å². The lowest BCUT2D eigenvalue weighted by atomic mass is 10.2. The van der Waals surface area contributed by atoms with Crippen molar-refractivity contribution in [1.82, 2.24) is 9.97 Å². The predicted molar refractivity (Wildman–Crippen MR) is 91.9 cm³/mol. The van der Waals surface area contributed by atoms with Gasteiger partial charge in [-0.25, -0.2) is 4.98 Å². The van der Waals surface area contributed by atoms with Crippen molar-refractivity contribution in [1.29, 1.82) is 0 Å². The van der Waals surface area contributed by atoms with Gasteiger partial charge in [0.05, 0.1) is 18.5 Å². The Labute approximate surface area is 140 Å². The van der Waals surface area contributed by atoms with Gasteiger partial charge in [-0.1, -0.05) is 11.6 Å². The molecule has 2 aliphatic carbocycles. The number of halogens is 1. The first-order valence-electron chi connectivity index (χ1n) is 7.97. The van der Waals surface area contributed by atoms with Gasteiger partial charge in [0.1, 0.15) is 11.6 Å². The third kappa shape index (κ3) is 3.50. The Balaban J connectivity index is 1.64. The van der Waals surface area contributed by atoms with Gasteiger partial charge >= 0.3 is 0 Å². The van der Waals surface area contributed by atoms with Crippen molar-refractivity contribution >= 4 is 29.1 Å². The van der Waals surface area contributed by atoms with Crippen molar-refractivity contribution < 1.29 is 4.74 Å². The Kier molecular flexibility index (Phi) is 3.73. The number of benzene rings is 1. The molecule has 0 atom stereocenters. The maximum atomic E-state index is 6.10. The molecule has 0 aliphatic heterocycles. The van der Waals surface area contributed by atoms with Crippen LogP contribution in [0.3, 0.4) is 0 Å². The number of rotatable bonds is 6. The highest BCUT2D eigenvalue weighted by Crippen LogP contribution is 2.40. The molecule has 2 saturated carbocycles. The molecule has 120 valence electrons. The summed E-state index contributed by atoms with van der Waals surface area (Å²) in [5, 5.41) is 7.36. The van der Waals surface area contributed by atoms with Crippen LogP contribution in [0, 0.1) is 0 Å². The second-order valence-corrected chi connectivity index (χ2v) is 6.60. The zero-order valence-electron chi connectivity index (χ0n) is 13.0. The Hall–Kier alpha value is -2.01. The van der Waals surface area contributed by atoms with Crippen LogP contribution in [0.5, 0.6) is 5.75 Å². The van der Waals surface area contributed by atoms with E-state index in [1.165, 1.54) is 25.7 Å². The molecule has 23 heavy (non-hydrogen) atoms. The van der Waals surface area contributed by atoms with Gasteiger partial charge in [-0.3, -0.25) is 0 Å². The van der Waals surface area contributed by atoms with Crippen LogP contribution >= 0.6 is 11.6 Å². The molecule has 6 heteroatoms. The van der Waals surface area contributed by atoms with Crippen LogP contribution in [0.15, 0.2) is 24.3 Å². The molecule has 2 aliphatic rings. The number of hydrogen-bond donors (Lipinski definition) is 2. The maximum Gasteiger partial charge on any atom is 0.225 e. The summed E-state index contributed by atoms with van der Waals surface area (Å²) in [5.41, 5.74) is 1.91. The van der Waals surface area contributed by atoms with E-state index in [1.807, 2.05) is 18.2 Å². The molecule has 1 aromatic heterocycles. The largest absolute Gasteiger partial charge is 0.495 e. The molecule has 1 aromatic carbocycles. The van der Waals surface area contributed by atoms with Crippen molar-refractivity contribution in [2.75, 3.05) is 17.7 Å². The summed E-state index contributed by atoms with van der Waals surface area (Å²) in [6, 6.07) is 8.04. The Bertz CT molecular complexity index is 729. The highest BCUT2D eigenvalue weighted by atomic mass is 35.5. The van der Waals surface area contributed by atoms with Gasteiger partial charge in [0, 0.05) is 23.0 Å². The second kappa shape index (κ2) is 5.89. The zero-order valence-corrected chi connectivity index (χ0v) is 13.7. The number of ether oxygens (including phenoxy) is 1. The lowest BCUT2D eigenvalue weighted by molar-refractivity contribution is 0.417. The SMILES string of the molecule is COc1ccc(Cl)cc1Nc1cc(C2CC2)nc(NC2CC2)n1. The number of hydrogen-bond acceptors (Lipinski definition) is 5. The smallest absolute Gasteiger partial charge is 0.225 e. The van der Waals surface area contributed by atoms with Crippen molar-refractivity contribution in [3.05, 3.63) is 35.0 Å². The summed E-state index contributed by atoms with van der Waals surface area (Å²) < 4.78 is 5.39. The fourth-order valence-corrected chi connectivity index (χ4v) is 2.68. The summed E-state index contributed by atoms with van der Waals surface area (Å²) in [6.45, 7) is 0. The molecule has 0 unspecified atom stereocenters. The van der Waals surface area contributed by atoms with Gasteiger partial charge in [-0.05, 0) is 43.9 Å². The standard InChI is InChI=1S/C17H19ClN4O/c1-23-15-7-4-11(18)8-14(15)20-16-9-13(10-2-3-10)21-17(22-16)19-12-5-6-12/h4,7-10,12H,2-3,5-6H2,1H3,(H2,19,20,21,22). The van der Waals surface area contributed by atoms with Gasteiger partial charge < -0.3 is 15.4 Å². The minimum Gasteiger partial charge on any atom is -0.495 e. The summed E-state index contributed by atoms with van der Waals surface area (Å²) in [6.07, 6.45) is 4.81. The third-order valence-electron chi connectivity index (χ3n) is 4.08. The molecule has 2 N–H and O–H groups in total. The fraction of sp³-hybridized carbons (Fsp3) is 0.412. The average molecular weight is 331 g/mol. The highest BCUT2D eigenvalue weighted by Gasteiger charge is 2.28. The van der Waals surface area contributed by atoms with E-state index in [9.17, 15) is 0 Å². The van der Waals surface area contributed by atoms with Crippen molar-refractivity contribution in [3.8, 4) is 5.75 Å². The van der Waals surface area contributed by atoms with Crippen molar-refractivity contribution in [2.45, 2.75) is 37.6 Å². The molecular formula is C17H19ClN4O. The summed E-state index contributed by atoms with van der Waals surface area (Å²) in [4.78, 5) is 9.25. The van der Waals surface area contributed by atoms with E-state index in [2.05, 4.69) is 20.6 Å². The van der Waals surface area contributed by atoms with Gasteiger partial charge in [-0.2, -0.15) is 4.98 Å². The maximum absolute atomic E-state index is 6.10. The van der Waals surface area contributed by atoms with E-state index < -0.39 is 0 Å². The lowest BCUT2D eigenvalue weighted by Crippen LogP contribution is -2.08. The quantitative estimate of drug-likeness (QED) is 0.825.